The van der Waals surface area contributed by atoms with Crippen LogP contribution in [0.4, 0.5) is 0 Å². The Bertz CT molecular complexity index is 1120. The summed E-state index contributed by atoms with van der Waals surface area (Å²) in [5.41, 5.74) is 4.58. The lowest BCUT2D eigenvalue weighted by molar-refractivity contribution is -0.160. The molecule has 6 heteroatoms. The fraction of sp³-hybridized carbons (Fsp3) is 0.385. The van der Waals surface area contributed by atoms with Crippen LogP contribution in [-0.2, 0) is 27.2 Å². The molecule has 2 aliphatic heterocycles. The SMILES string of the molecule is COCCCN1CC(=O)N2C(Cc3c([nH]c4ccccc34)C2CCc2ccccc2)C1=O. The predicted molar refractivity (Wildman–Crippen MR) is 123 cm³/mol. The largest absolute Gasteiger partial charge is 0.385 e. The summed E-state index contributed by atoms with van der Waals surface area (Å²) in [4.78, 5) is 34.0. The van der Waals surface area contributed by atoms with Gasteiger partial charge in [-0.1, -0.05) is 48.5 Å². The van der Waals surface area contributed by atoms with Crippen LogP contribution >= 0.6 is 0 Å². The molecule has 3 aromatic rings. The second kappa shape index (κ2) is 8.79. The molecule has 2 aliphatic rings. The van der Waals surface area contributed by atoms with E-state index in [0.717, 1.165) is 35.9 Å². The molecule has 1 N–H and O–H groups in total. The minimum absolute atomic E-state index is 0.0365. The van der Waals surface area contributed by atoms with Crippen molar-refractivity contribution >= 4 is 22.7 Å². The third-order valence-electron chi connectivity index (χ3n) is 6.79. The molecule has 0 saturated carbocycles. The van der Waals surface area contributed by atoms with Gasteiger partial charge < -0.3 is 19.5 Å². The van der Waals surface area contributed by atoms with E-state index in [1.807, 2.05) is 35.2 Å². The highest BCUT2D eigenvalue weighted by atomic mass is 16.5. The Balaban J connectivity index is 1.50. The molecule has 0 spiro atoms. The lowest BCUT2D eigenvalue weighted by Gasteiger charge is -2.47. The fourth-order valence-corrected chi connectivity index (χ4v) is 5.28. The van der Waals surface area contributed by atoms with Crippen molar-refractivity contribution in [1.82, 2.24) is 14.8 Å². The van der Waals surface area contributed by atoms with Gasteiger partial charge >= 0.3 is 0 Å². The number of aromatic nitrogens is 1. The lowest BCUT2D eigenvalue weighted by atomic mass is 9.86. The number of fused-ring (bicyclic) bond motifs is 4. The third-order valence-corrected chi connectivity index (χ3v) is 6.79. The standard InChI is InChI=1S/C26H29N3O3/c1-32-15-7-14-28-17-24(30)29-22(13-12-18-8-3-2-4-9-18)25-20(16-23(29)26(28)31)19-10-5-6-11-21(19)27-25/h2-6,8-11,22-23,27H,7,12-17H2,1H3. The molecule has 1 aromatic heterocycles. The van der Waals surface area contributed by atoms with Crippen molar-refractivity contribution in [2.45, 2.75) is 37.8 Å². The topological polar surface area (TPSA) is 65.6 Å². The van der Waals surface area contributed by atoms with E-state index in [0.29, 0.717) is 19.6 Å². The molecule has 3 heterocycles. The number of para-hydroxylation sites is 1. The van der Waals surface area contributed by atoms with Crippen molar-refractivity contribution in [3.8, 4) is 0 Å². The quantitative estimate of drug-likeness (QED) is 0.583. The number of ether oxygens (including phenoxy) is 1. The van der Waals surface area contributed by atoms with Crippen molar-refractivity contribution in [2.24, 2.45) is 0 Å². The number of benzene rings is 2. The van der Waals surface area contributed by atoms with E-state index in [2.05, 4.69) is 29.2 Å². The molecule has 0 aliphatic carbocycles. The number of amides is 2. The van der Waals surface area contributed by atoms with Crippen LogP contribution < -0.4 is 0 Å². The molecule has 2 unspecified atom stereocenters. The van der Waals surface area contributed by atoms with Gasteiger partial charge in [0, 0.05) is 43.3 Å². The van der Waals surface area contributed by atoms with E-state index in [1.54, 1.807) is 12.0 Å². The van der Waals surface area contributed by atoms with E-state index >= 15 is 0 Å². The number of H-pyrrole nitrogens is 1. The number of nitrogens with one attached hydrogen (secondary N) is 1. The van der Waals surface area contributed by atoms with E-state index < -0.39 is 6.04 Å². The number of methoxy groups -OCH3 is 1. The van der Waals surface area contributed by atoms with Crippen molar-refractivity contribution < 1.29 is 14.3 Å². The number of hydrogen-bond donors (Lipinski definition) is 1. The van der Waals surface area contributed by atoms with Gasteiger partial charge in [0.2, 0.25) is 11.8 Å². The first kappa shape index (κ1) is 20.8. The highest BCUT2D eigenvalue weighted by Gasteiger charge is 2.47. The molecule has 2 amide bonds. The van der Waals surface area contributed by atoms with Crippen LogP contribution in [0.5, 0.6) is 0 Å². The van der Waals surface area contributed by atoms with Gasteiger partial charge in [-0.2, -0.15) is 0 Å². The zero-order valence-electron chi connectivity index (χ0n) is 18.4. The normalized spacial score (nSPS) is 20.5. The van der Waals surface area contributed by atoms with Crippen LogP contribution in [0.15, 0.2) is 54.6 Å². The Labute approximate surface area is 188 Å². The molecule has 2 atom stereocenters. The number of carbonyl (C=O) groups is 2. The first-order chi connectivity index (χ1) is 15.7. The Morgan fingerprint density at radius 1 is 1.06 bits per heavy atom. The highest BCUT2D eigenvalue weighted by Crippen LogP contribution is 2.41. The number of aryl methyl sites for hydroxylation is 1. The second-order valence-electron chi connectivity index (χ2n) is 8.73. The molecule has 6 nitrogen and oxygen atoms in total. The molecular weight excluding hydrogens is 402 g/mol. The predicted octanol–water partition coefficient (Wildman–Crippen LogP) is 3.47. The van der Waals surface area contributed by atoms with Crippen LogP contribution in [0.2, 0.25) is 0 Å². The first-order valence-electron chi connectivity index (χ1n) is 11.4. The van der Waals surface area contributed by atoms with Gasteiger partial charge in [0.05, 0.1) is 12.6 Å². The molecule has 1 fully saturated rings. The van der Waals surface area contributed by atoms with Gasteiger partial charge in [0.25, 0.3) is 0 Å². The zero-order valence-corrected chi connectivity index (χ0v) is 18.4. The summed E-state index contributed by atoms with van der Waals surface area (Å²) in [6.45, 7) is 1.28. The average Bonchev–Trinajstić information content (AvgIpc) is 3.19. The van der Waals surface area contributed by atoms with Crippen molar-refractivity contribution in [2.75, 3.05) is 26.8 Å². The van der Waals surface area contributed by atoms with Gasteiger partial charge in [-0.3, -0.25) is 9.59 Å². The van der Waals surface area contributed by atoms with Crippen LogP contribution in [0.25, 0.3) is 10.9 Å². The lowest BCUT2D eigenvalue weighted by Crippen LogP contribution is -2.63. The Morgan fingerprint density at radius 3 is 2.66 bits per heavy atom. The van der Waals surface area contributed by atoms with Crippen LogP contribution in [0, 0.1) is 0 Å². The number of aromatic amines is 1. The van der Waals surface area contributed by atoms with E-state index in [4.69, 9.17) is 4.74 Å². The number of piperazine rings is 1. The first-order valence-corrected chi connectivity index (χ1v) is 11.4. The van der Waals surface area contributed by atoms with Crippen molar-refractivity contribution in [3.05, 3.63) is 71.4 Å². The second-order valence-corrected chi connectivity index (χ2v) is 8.73. The zero-order chi connectivity index (χ0) is 22.1. The maximum atomic E-state index is 13.5. The number of carbonyl (C=O) groups excluding carboxylic acids is 2. The van der Waals surface area contributed by atoms with Gasteiger partial charge in [0.15, 0.2) is 0 Å². The molecule has 32 heavy (non-hydrogen) atoms. The number of rotatable bonds is 7. The highest BCUT2D eigenvalue weighted by molar-refractivity contribution is 5.97. The number of nitrogens with zero attached hydrogens (tertiary/aromatic N) is 2. The summed E-state index contributed by atoms with van der Waals surface area (Å²) in [7, 11) is 1.65. The molecule has 1 saturated heterocycles. The van der Waals surface area contributed by atoms with Crippen LogP contribution in [0.1, 0.15) is 35.7 Å². The summed E-state index contributed by atoms with van der Waals surface area (Å²) in [5, 5.41) is 1.16. The monoisotopic (exact) mass is 431 g/mol. The van der Waals surface area contributed by atoms with Crippen molar-refractivity contribution in [1.29, 1.82) is 0 Å². The maximum absolute atomic E-state index is 13.5. The van der Waals surface area contributed by atoms with Gasteiger partial charge in [-0.05, 0) is 36.5 Å². The Hall–Kier alpha value is -3.12. The minimum Gasteiger partial charge on any atom is -0.385 e. The minimum atomic E-state index is -0.439. The van der Waals surface area contributed by atoms with Gasteiger partial charge in [-0.15, -0.1) is 0 Å². The molecule has 2 aromatic carbocycles. The average molecular weight is 432 g/mol. The van der Waals surface area contributed by atoms with Gasteiger partial charge in [0.1, 0.15) is 6.04 Å². The number of hydrogen-bond acceptors (Lipinski definition) is 3. The molecule has 166 valence electrons. The van der Waals surface area contributed by atoms with Crippen LogP contribution in [-0.4, -0.2) is 59.4 Å². The summed E-state index contributed by atoms with van der Waals surface area (Å²) in [6, 6.07) is 18.0. The molecular formula is C26H29N3O3. The fourth-order valence-electron chi connectivity index (χ4n) is 5.28. The van der Waals surface area contributed by atoms with Crippen LogP contribution in [0.3, 0.4) is 0 Å². The van der Waals surface area contributed by atoms with E-state index in [-0.39, 0.29) is 24.4 Å². The van der Waals surface area contributed by atoms with E-state index in [1.165, 1.54) is 11.1 Å². The van der Waals surface area contributed by atoms with Gasteiger partial charge in [-0.25, -0.2) is 0 Å². The van der Waals surface area contributed by atoms with E-state index in [9.17, 15) is 9.59 Å². The molecule has 0 radical (unpaired) electrons. The molecule has 0 bridgehead atoms. The molecule has 5 rings (SSSR count). The smallest absolute Gasteiger partial charge is 0.246 e. The Morgan fingerprint density at radius 2 is 1.84 bits per heavy atom. The van der Waals surface area contributed by atoms with Crippen molar-refractivity contribution in [3.63, 3.8) is 0 Å². The Kier molecular flexibility index (Phi) is 5.70. The summed E-state index contributed by atoms with van der Waals surface area (Å²) >= 11 is 0. The summed E-state index contributed by atoms with van der Waals surface area (Å²) in [6.07, 6.45) is 2.93. The summed E-state index contributed by atoms with van der Waals surface area (Å²) in [5.74, 6) is 0.0933. The summed E-state index contributed by atoms with van der Waals surface area (Å²) < 4.78 is 5.14. The maximum Gasteiger partial charge on any atom is 0.246 e. The third kappa shape index (κ3) is 3.69.